The highest BCUT2D eigenvalue weighted by molar-refractivity contribution is 5.99. The highest BCUT2D eigenvalue weighted by Gasteiger charge is 2.45. The number of rotatable bonds is 9. The Bertz CT molecular complexity index is 1210. The zero-order chi connectivity index (χ0) is 27.0. The molecule has 0 saturated heterocycles. The summed E-state index contributed by atoms with van der Waals surface area (Å²) >= 11 is 0. The van der Waals surface area contributed by atoms with E-state index in [2.05, 4.69) is 45.7 Å². The minimum Gasteiger partial charge on any atom is -0.495 e. The van der Waals surface area contributed by atoms with Crippen LogP contribution in [0.15, 0.2) is 64.3 Å². The molecule has 2 aromatic carbocycles. The lowest BCUT2D eigenvalue weighted by Gasteiger charge is -2.51. The molecule has 0 aromatic heterocycles. The summed E-state index contributed by atoms with van der Waals surface area (Å²) < 4.78 is 19.3. The maximum atomic E-state index is 13.8. The Kier molecular flexibility index (Phi) is 9.48. The number of ether oxygens (including phenoxy) is 1. The number of hydrogen-bond acceptors (Lipinski definition) is 5. The van der Waals surface area contributed by atoms with Gasteiger partial charge in [0.1, 0.15) is 11.6 Å². The van der Waals surface area contributed by atoms with Gasteiger partial charge >= 0.3 is 0 Å². The van der Waals surface area contributed by atoms with Crippen molar-refractivity contribution in [1.29, 1.82) is 0 Å². The second-order valence-electron chi connectivity index (χ2n) is 9.54. The van der Waals surface area contributed by atoms with Gasteiger partial charge in [0.15, 0.2) is 5.84 Å². The lowest BCUT2D eigenvalue weighted by molar-refractivity contribution is 0.0306. The third kappa shape index (κ3) is 6.58. The van der Waals surface area contributed by atoms with E-state index in [0.717, 1.165) is 41.8 Å². The third-order valence-corrected chi connectivity index (χ3v) is 7.01. The molecule has 2 atom stereocenters. The molecule has 2 N–H and O–H groups in total. The number of hydrogen-bond donors (Lipinski definition) is 2. The van der Waals surface area contributed by atoms with Crippen LogP contribution in [0.2, 0.25) is 0 Å². The fourth-order valence-corrected chi connectivity index (χ4v) is 4.62. The topological polar surface area (TPSA) is 69.5 Å². The van der Waals surface area contributed by atoms with Gasteiger partial charge in [-0.3, -0.25) is 9.98 Å². The first-order chi connectivity index (χ1) is 17.7. The van der Waals surface area contributed by atoms with Gasteiger partial charge in [-0.15, -0.1) is 0 Å². The summed E-state index contributed by atoms with van der Waals surface area (Å²) in [5.41, 5.74) is 2.78. The van der Waals surface area contributed by atoms with Gasteiger partial charge in [0.2, 0.25) is 0 Å². The number of allylic oxidation sites excluding steroid dienone is 1. The van der Waals surface area contributed by atoms with Gasteiger partial charge in [0.05, 0.1) is 30.1 Å². The zero-order valence-corrected chi connectivity index (χ0v) is 22.4. The van der Waals surface area contributed by atoms with Crippen molar-refractivity contribution in [3.8, 4) is 17.6 Å². The predicted octanol–water partition coefficient (Wildman–Crippen LogP) is 5.59. The number of aliphatic hydroxyl groups excluding tert-OH is 1. The normalized spacial score (nSPS) is 16.5. The van der Waals surface area contributed by atoms with Crippen molar-refractivity contribution < 1.29 is 14.2 Å². The lowest BCUT2D eigenvalue weighted by atomic mass is 9.67. The van der Waals surface area contributed by atoms with Crippen LogP contribution >= 0.6 is 0 Å². The molecule has 6 nitrogen and oxygen atoms in total. The molecule has 3 rings (SSSR count). The zero-order valence-electron chi connectivity index (χ0n) is 22.4. The smallest absolute Gasteiger partial charge is 0.177 e. The van der Waals surface area contributed by atoms with Crippen molar-refractivity contribution >= 4 is 18.2 Å². The molecule has 196 valence electrons. The molecule has 0 amide bonds. The predicted molar refractivity (Wildman–Crippen MR) is 150 cm³/mol. The number of methoxy groups -OCH3 is 1. The summed E-state index contributed by atoms with van der Waals surface area (Å²) in [6.07, 6.45) is 4.39. The maximum absolute atomic E-state index is 13.8. The first kappa shape index (κ1) is 27.9. The van der Waals surface area contributed by atoms with Gasteiger partial charge < -0.3 is 20.1 Å². The van der Waals surface area contributed by atoms with Crippen molar-refractivity contribution in [3.05, 3.63) is 71.3 Å². The van der Waals surface area contributed by atoms with Gasteiger partial charge in [0.25, 0.3) is 0 Å². The Hall–Kier alpha value is -3.63. The molecule has 0 spiro atoms. The van der Waals surface area contributed by atoms with Gasteiger partial charge in [-0.05, 0) is 88.1 Å². The van der Waals surface area contributed by atoms with Gasteiger partial charge in [0, 0.05) is 25.4 Å². The van der Waals surface area contributed by atoms with Crippen molar-refractivity contribution in [3.63, 3.8) is 0 Å². The van der Waals surface area contributed by atoms with E-state index >= 15 is 0 Å². The third-order valence-electron chi connectivity index (χ3n) is 7.01. The molecule has 37 heavy (non-hydrogen) atoms. The monoisotopic (exact) mass is 504 g/mol. The van der Waals surface area contributed by atoms with Crippen LogP contribution in [0.4, 0.5) is 10.1 Å². The molecule has 1 aliphatic carbocycles. The second kappa shape index (κ2) is 12.6. The average molecular weight is 505 g/mol. The van der Waals surface area contributed by atoms with Crippen LogP contribution in [0.25, 0.3) is 0 Å². The summed E-state index contributed by atoms with van der Waals surface area (Å²) in [7, 11) is 3.32. The fraction of sp³-hybridized carbons (Fsp3) is 0.400. The number of amidine groups is 1. The Morgan fingerprint density at radius 1 is 1.32 bits per heavy atom. The van der Waals surface area contributed by atoms with E-state index in [-0.39, 0.29) is 5.82 Å². The summed E-state index contributed by atoms with van der Waals surface area (Å²) in [5, 5.41) is 13.6. The summed E-state index contributed by atoms with van der Waals surface area (Å²) in [6.45, 7) is 9.62. The van der Waals surface area contributed by atoms with E-state index in [9.17, 15) is 9.50 Å². The number of anilines is 1. The highest BCUT2D eigenvalue weighted by Crippen LogP contribution is 2.46. The van der Waals surface area contributed by atoms with E-state index in [1.54, 1.807) is 27.3 Å². The molecule has 2 unspecified atom stereocenters. The molecule has 2 aromatic rings. The quantitative estimate of drug-likeness (QED) is 0.266. The van der Waals surface area contributed by atoms with E-state index in [1.165, 1.54) is 12.1 Å². The van der Waals surface area contributed by atoms with E-state index in [4.69, 9.17) is 4.74 Å². The number of nitrogens with one attached hydrogen (secondary N) is 1. The minimum absolute atomic E-state index is 0.274. The largest absolute Gasteiger partial charge is 0.495 e. The van der Waals surface area contributed by atoms with Crippen LogP contribution in [0, 0.1) is 23.6 Å². The lowest BCUT2D eigenvalue weighted by Crippen LogP contribution is -2.55. The first-order valence-electron chi connectivity index (χ1n) is 12.5. The Morgan fingerprint density at radius 3 is 2.57 bits per heavy atom. The van der Waals surface area contributed by atoms with E-state index in [0.29, 0.717) is 24.0 Å². The van der Waals surface area contributed by atoms with Gasteiger partial charge in [-0.1, -0.05) is 24.5 Å². The van der Waals surface area contributed by atoms with Crippen LogP contribution in [-0.2, 0) is 5.54 Å². The molecule has 0 heterocycles. The standard InChI is InChI=1S/C30H37FN4O2/c1-21(32-4)19-34-27-16-10-23(18-28(27)37-6)11-17-29(33-5)35(20-22(2)36)30(3,24-8-7-9-24)25-12-14-26(31)15-13-25/h10,12-16,18-19,22,24,34,36H,4,7-9,20H2,1-3,5-6H3/b21-19-,33-29?. The molecule has 0 aliphatic heterocycles. The molecular formula is C30H37FN4O2. The van der Waals surface area contributed by atoms with E-state index < -0.39 is 11.6 Å². The van der Waals surface area contributed by atoms with Gasteiger partial charge in [-0.25, -0.2) is 4.39 Å². The molecule has 7 heteroatoms. The Balaban J connectivity index is 2.00. The Morgan fingerprint density at radius 2 is 2.03 bits per heavy atom. The fourth-order valence-electron chi connectivity index (χ4n) is 4.62. The van der Waals surface area contributed by atoms with E-state index in [1.807, 2.05) is 37.3 Å². The van der Waals surface area contributed by atoms with Gasteiger partial charge in [-0.2, -0.15) is 0 Å². The second-order valence-corrected chi connectivity index (χ2v) is 9.54. The van der Waals surface area contributed by atoms with Crippen LogP contribution < -0.4 is 10.1 Å². The number of halogens is 1. The van der Waals surface area contributed by atoms with Crippen molar-refractivity contribution in [2.24, 2.45) is 15.9 Å². The highest BCUT2D eigenvalue weighted by atomic mass is 19.1. The molecule has 1 saturated carbocycles. The SMILES string of the molecule is C=N/C(C)=C\Nc1ccc(C#CC(=NC)N(CC(C)O)C(C)(c2ccc(F)cc2)C2CCC2)cc1OC. The Labute approximate surface area is 220 Å². The maximum Gasteiger partial charge on any atom is 0.177 e. The summed E-state index contributed by atoms with van der Waals surface area (Å²) in [5.74, 6) is 7.73. The van der Waals surface area contributed by atoms with Crippen LogP contribution in [0.1, 0.15) is 51.2 Å². The summed E-state index contributed by atoms with van der Waals surface area (Å²) in [6, 6.07) is 12.3. The van der Waals surface area contributed by atoms with Crippen LogP contribution in [0.5, 0.6) is 5.75 Å². The average Bonchev–Trinajstić information content (AvgIpc) is 2.86. The van der Waals surface area contributed by atoms with Crippen molar-refractivity contribution in [2.75, 3.05) is 26.0 Å². The molecule has 0 bridgehead atoms. The molecular weight excluding hydrogens is 467 g/mol. The minimum atomic E-state index is -0.606. The summed E-state index contributed by atoms with van der Waals surface area (Å²) in [4.78, 5) is 10.5. The van der Waals surface area contributed by atoms with Crippen molar-refractivity contribution in [1.82, 2.24) is 4.90 Å². The molecule has 1 fully saturated rings. The van der Waals surface area contributed by atoms with Crippen molar-refractivity contribution in [2.45, 2.75) is 51.7 Å². The number of aliphatic imine (C=N–C) groups is 2. The molecule has 0 radical (unpaired) electrons. The number of benzene rings is 2. The number of nitrogens with zero attached hydrogens (tertiary/aromatic N) is 3. The first-order valence-corrected chi connectivity index (χ1v) is 12.5. The van der Waals surface area contributed by atoms with Crippen LogP contribution in [-0.4, -0.2) is 49.4 Å². The number of aliphatic hydroxyl groups is 1. The molecule has 1 aliphatic rings. The van der Waals surface area contributed by atoms with Crippen LogP contribution in [0.3, 0.4) is 0 Å².